The van der Waals surface area contributed by atoms with Crippen LogP contribution < -0.4 is 21.3 Å². The molecule has 0 unspecified atom stereocenters. The summed E-state index contributed by atoms with van der Waals surface area (Å²) in [6, 6.07) is 60.5. The predicted molar refractivity (Wildman–Crippen MR) is 231 cm³/mol. The highest BCUT2D eigenvalue weighted by Crippen LogP contribution is 2.40. The second kappa shape index (κ2) is 13.9. The number of nitrogens with zero attached hydrogens (tertiary/aromatic N) is 2. The highest BCUT2D eigenvalue weighted by Gasteiger charge is 2.23. The van der Waals surface area contributed by atoms with Gasteiger partial charge in [0, 0.05) is 33.5 Å². The first kappa shape index (κ1) is 34.0. The Kier molecular flexibility index (Phi) is 8.55. The summed E-state index contributed by atoms with van der Waals surface area (Å²) >= 11 is 0. The molecule has 1 aromatic heterocycles. The summed E-state index contributed by atoms with van der Waals surface area (Å²) in [5.74, 6) is -1.07. The van der Waals surface area contributed by atoms with Gasteiger partial charge in [-0.15, -0.1) is 0 Å². The van der Waals surface area contributed by atoms with Crippen LogP contribution in [0.4, 0.5) is 17.1 Å². The van der Waals surface area contributed by atoms with Crippen molar-refractivity contribution >= 4 is 78.8 Å². The molecule has 254 valence electrons. The van der Waals surface area contributed by atoms with E-state index < -0.39 is 11.5 Å². The first-order chi connectivity index (χ1) is 26.9. The molecule has 1 heterocycles. The number of aromatic nitrogens is 1. The van der Waals surface area contributed by atoms with Crippen molar-refractivity contribution < 1.29 is 10.2 Å². The highest BCUT2D eigenvalue weighted by molar-refractivity contribution is 6.56. The fourth-order valence-electron chi connectivity index (χ4n) is 7.58. The average Bonchev–Trinajstić information content (AvgIpc) is 3.58. The van der Waals surface area contributed by atoms with E-state index in [-0.39, 0.29) is 22.1 Å². The molecule has 9 aromatic rings. The standard InChI is InChI=1S/C48H31B3N2O2/c49-43-44(50)47(54)48(55)45(51)46(43)52(36-18-8-3-9-19-36)37-20-12-17-32(26-37)33-23-24-40-39-21-10-11-22-41(39)53(42(40)29-33)38-27-34(30-13-4-1-5-14-30)25-35(28-38)31-15-6-2-7-16-31/h1-29,54-55H. The first-order valence-corrected chi connectivity index (χ1v) is 18.0. The molecule has 4 nitrogen and oxygen atoms in total. The zero-order chi connectivity index (χ0) is 37.6. The summed E-state index contributed by atoms with van der Waals surface area (Å²) in [5.41, 5.74) is 11.3. The number of phenols is 2. The topological polar surface area (TPSA) is 48.6 Å². The molecular formula is C48H31B3N2O2. The number of para-hydroxylation sites is 2. The van der Waals surface area contributed by atoms with E-state index >= 15 is 0 Å². The maximum atomic E-state index is 10.8. The summed E-state index contributed by atoms with van der Waals surface area (Å²) in [6.45, 7) is 0. The fraction of sp³-hybridized carbons (Fsp3) is 0. The van der Waals surface area contributed by atoms with Gasteiger partial charge in [0.1, 0.15) is 29.3 Å². The third-order valence-electron chi connectivity index (χ3n) is 10.3. The molecular weight excluding hydrogens is 669 g/mol. The average molecular weight is 700 g/mol. The van der Waals surface area contributed by atoms with E-state index in [9.17, 15) is 10.2 Å². The maximum absolute atomic E-state index is 10.8. The number of anilines is 3. The molecule has 0 aliphatic rings. The van der Waals surface area contributed by atoms with Gasteiger partial charge in [-0.2, -0.15) is 0 Å². The van der Waals surface area contributed by atoms with E-state index in [1.807, 2.05) is 59.5 Å². The Morgan fingerprint density at radius 1 is 0.382 bits per heavy atom. The lowest BCUT2D eigenvalue weighted by Gasteiger charge is -2.31. The minimum Gasteiger partial charge on any atom is -0.505 e. The van der Waals surface area contributed by atoms with Crippen LogP contribution in [0.15, 0.2) is 176 Å². The largest absolute Gasteiger partial charge is 0.505 e. The number of aromatic hydroxyl groups is 2. The minimum atomic E-state index is -0.547. The molecule has 0 amide bonds. The van der Waals surface area contributed by atoms with E-state index in [2.05, 4.69) is 126 Å². The lowest BCUT2D eigenvalue weighted by atomic mass is 9.73. The van der Waals surface area contributed by atoms with Gasteiger partial charge in [0.2, 0.25) is 0 Å². The van der Waals surface area contributed by atoms with E-state index in [1.54, 1.807) is 0 Å². The summed E-state index contributed by atoms with van der Waals surface area (Å²) in [7, 11) is 19.2. The van der Waals surface area contributed by atoms with Crippen molar-refractivity contribution in [3.63, 3.8) is 0 Å². The molecule has 6 radical (unpaired) electrons. The monoisotopic (exact) mass is 700 g/mol. The molecule has 7 heteroatoms. The lowest BCUT2D eigenvalue weighted by molar-refractivity contribution is 0.410. The van der Waals surface area contributed by atoms with Crippen molar-refractivity contribution in [2.75, 3.05) is 4.90 Å². The van der Waals surface area contributed by atoms with Gasteiger partial charge in [0.25, 0.3) is 0 Å². The molecule has 55 heavy (non-hydrogen) atoms. The second-order valence-corrected chi connectivity index (χ2v) is 13.6. The summed E-state index contributed by atoms with van der Waals surface area (Å²) in [4.78, 5) is 1.85. The number of fused-ring (bicyclic) bond motifs is 3. The van der Waals surface area contributed by atoms with E-state index in [1.165, 1.54) is 0 Å². The molecule has 0 aliphatic carbocycles. The molecule has 0 saturated heterocycles. The van der Waals surface area contributed by atoms with Gasteiger partial charge in [0.15, 0.2) is 5.75 Å². The van der Waals surface area contributed by atoms with Crippen molar-refractivity contribution in [2.24, 2.45) is 0 Å². The van der Waals surface area contributed by atoms with E-state index in [4.69, 9.17) is 23.5 Å². The van der Waals surface area contributed by atoms with Gasteiger partial charge in [-0.1, -0.05) is 132 Å². The van der Waals surface area contributed by atoms with Gasteiger partial charge in [-0.3, -0.25) is 0 Å². The third kappa shape index (κ3) is 5.95. The summed E-state index contributed by atoms with van der Waals surface area (Å²) in [6.07, 6.45) is 0. The molecule has 2 N–H and O–H groups in total. The Balaban J connectivity index is 1.25. The zero-order valence-corrected chi connectivity index (χ0v) is 29.8. The summed E-state index contributed by atoms with van der Waals surface area (Å²) < 4.78 is 2.36. The van der Waals surface area contributed by atoms with Crippen LogP contribution in [0, 0.1) is 0 Å². The van der Waals surface area contributed by atoms with Crippen LogP contribution in [0.3, 0.4) is 0 Å². The molecule has 0 saturated carbocycles. The number of hydrogen-bond donors (Lipinski definition) is 2. The molecule has 0 bridgehead atoms. The molecule has 0 atom stereocenters. The van der Waals surface area contributed by atoms with Gasteiger partial charge in [0.05, 0.1) is 11.0 Å². The summed E-state index contributed by atoms with van der Waals surface area (Å²) in [5, 5.41) is 23.5. The third-order valence-corrected chi connectivity index (χ3v) is 10.3. The van der Waals surface area contributed by atoms with Crippen LogP contribution in [-0.2, 0) is 0 Å². The Labute approximate surface area is 323 Å². The molecule has 0 aliphatic heterocycles. The van der Waals surface area contributed by atoms with Crippen molar-refractivity contribution in [1.82, 2.24) is 4.57 Å². The van der Waals surface area contributed by atoms with Crippen molar-refractivity contribution in [2.45, 2.75) is 0 Å². The quantitative estimate of drug-likeness (QED) is 0.129. The van der Waals surface area contributed by atoms with Crippen LogP contribution in [0.1, 0.15) is 0 Å². The van der Waals surface area contributed by atoms with Gasteiger partial charge in [-0.05, 0) is 93.4 Å². The van der Waals surface area contributed by atoms with Crippen LogP contribution in [0.25, 0.3) is 60.9 Å². The SMILES string of the molecule is [B]c1c([B])c(N(c2ccccc2)c2cccc(-c3ccc4c5ccccc5n(-c5cc(-c6ccccc6)cc(-c6ccccc6)c5)c4c3)c2)c([B])c(O)c1O. The fourth-order valence-corrected chi connectivity index (χ4v) is 7.58. The Bertz CT molecular complexity index is 2790. The molecule has 8 aromatic carbocycles. The van der Waals surface area contributed by atoms with Gasteiger partial charge in [-0.25, -0.2) is 0 Å². The zero-order valence-electron chi connectivity index (χ0n) is 29.8. The van der Waals surface area contributed by atoms with Gasteiger partial charge < -0.3 is 19.7 Å². The number of phenolic OH excluding ortho intramolecular Hbond substituents is 2. The lowest BCUT2D eigenvalue weighted by Crippen LogP contribution is -2.37. The van der Waals surface area contributed by atoms with Crippen molar-refractivity contribution in [1.29, 1.82) is 0 Å². The molecule has 9 rings (SSSR count). The normalized spacial score (nSPS) is 11.3. The minimum absolute atomic E-state index is 0.0561. The van der Waals surface area contributed by atoms with Crippen molar-refractivity contribution in [3.8, 4) is 50.6 Å². The Morgan fingerprint density at radius 2 is 0.909 bits per heavy atom. The van der Waals surface area contributed by atoms with Crippen LogP contribution >= 0.6 is 0 Å². The predicted octanol–water partition coefficient (Wildman–Crippen LogP) is 9.05. The Hall–Kier alpha value is -6.85. The highest BCUT2D eigenvalue weighted by atomic mass is 16.3. The van der Waals surface area contributed by atoms with Crippen LogP contribution in [0.2, 0.25) is 0 Å². The second-order valence-electron chi connectivity index (χ2n) is 13.6. The first-order valence-electron chi connectivity index (χ1n) is 18.0. The van der Waals surface area contributed by atoms with Crippen LogP contribution in [0.5, 0.6) is 11.5 Å². The Morgan fingerprint density at radius 3 is 1.58 bits per heavy atom. The van der Waals surface area contributed by atoms with E-state index in [0.717, 1.165) is 72.2 Å². The van der Waals surface area contributed by atoms with Crippen LogP contribution in [-0.4, -0.2) is 38.3 Å². The number of rotatable bonds is 7. The smallest absolute Gasteiger partial charge is 0.151 e. The van der Waals surface area contributed by atoms with Gasteiger partial charge >= 0.3 is 0 Å². The molecule has 0 fully saturated rings. The number of hydrogen-bond acceptors (Lipinski definition) is 3. The maximum Gasteiger partial charge on any atom is 0.151 e. The molecule has 0 spiro atoms. The van der Waals surface area contributed by atoms with E-state index in [0.29, 0.717) is 0 Å². The van der Waals surface area contributed by atoms with Crippen molar-refractivity contribution in [3.05, 3.63) is 176 Å². The number of benzene rings is 8.